The van der Waals surface area contributed by atoms with Crippen LogP contribution in [0.3, 0.4) is 0 Å². The van der Waals surface area contributed by atoms with Gasteiger partial charge in [-0.2, -0.15) is 4.31 Å². The minimum Gasteiger partial charge on any atom is -0.484 e. The first-order valence-corrected chi connectivity index (χ1v) is 13.2. The average Bonchev–Trinajstić information content (AvgIpc) is 2.90. The third-order valence-corrected chi connectivity index (χ3v) is 7.62. The van der Waals surface area contributed by atoms with Crippen molar-refractivity contribution >= 4 is 21.8 Å². The highest BCUT2D eigenvalue weighted by molar-refractivity contribution is 7.89. The summed E-state index contributed by atoms with van der Waals surface area (Å²) < 4.78 is 37.8. The molecule has 0 bridgehead atoms. The van der Waals surface area contributed by atoms with E-state index in [4.69, 9.17) is 9.47 Å². The van der Waals surface area contributed by atoms with Gasteiger partial charge in [-0.3, -0.25) is 9.59 Å². The van der Waals surface area contributed by atoms with Gasteiger partial charge in [-0.1, -0.05) is 37.3 Å². The highest BCUT2D eigenvalue weighted by atomic mass is 32.2. The lowest BCUT2D eigenvalue weighted by Gasteiger charge is -2.28. The monoisotopic (exact) mass is 503 g/mol. The quantitative estimate of drug-likeness (QED) is 0.503. The highest BCUT2D eigenvalue weighted by Gasteiger charge is 2.27. The molecule has 3 rings (SSSR count). The molecule has 1 heterocycles. The summed E-state index contributed by atoms with van der Waals surface area (Å²) >= 11 is 0. The molecule has 2 aromatic carbocycles. The van der Waals surface area contributed by atoms with E-state index < -0.39 is 16.1 Å². The Morgan fingerprint density at radius 2 is 1.74 bits per heavy atom. The van der Waals surface area contributed by atoms with Crippen LogP contribution in [0.2, 0.25) is 0 Å². The minimum absolute atomic E-state index is 0.157. The van der Waals surface area contributed by atoms with E-state index in [1.165, 1.54) is 33.5 Å². The van der Waals surface area contributed by atoms with Crippen molar-refractivity contribution in [3.05, 3.63) is 60.2 Å². The predicted octanol–water partition coefficient (Wildman–Crippen LogP) is 2.03. The summed E-state index contributed by atoms with van der Waals surface area (Å²) in [6, 6.07) is 14.7. The maximum absolute atomic E-state index is 13.1. The van der Waals surface area contributed by atoms with Gasteiger partial charge in [-0.15, -0.1) is 0 Å². The van der Waals surface area contributed by atoms with E-state index in [1.807, 2.05) is 37.3 Å². The van der Waals surface area contributed by atoms with E-state index in [0.29, 0.717) is 38.6 Å². The molecule has 1 aliphatic rings. The Hall–Kier alpha value is -2.95. The first-order valence-electron chi connectivity index (χ1n) is 11.7. The molecule has 0 saturated carbocycles. The van der Waals surface area contributed by atoms with Gasteiger partial charge in [0.1, 0.15) is 11.8 Å². The number of carbonyl (C=O) groups excluding carboxylic acids is 2. The van der Waals surface area contributed by atoms with Gasteiger partial charge in [0.15, 0.2) is 6.61 Å². The van der Waals surface area contributed by atoms with E-state index in [-0.39, 0.29) is 29.9 Å². The number of rotatable bonds is 11. The van der Waals surface area contributed by atoms with E-state index in [2.05, 4.69) is 5.32 Å². The number of sulfonamides is 1. The van der Waals surface area contributed by atoms with E-state index in [0.717, 1.165) is 12.0 Å². The van der Waals surface area contributed by atoms with Crippen LogP contribution in [0.15, 0.2) is 59.5 Å². The predicted molar refractivity (Wildman–Crippen MR) is 131 cm³/mol. The fourth-order valence-corrected chi connectivity index (χ4v) is 5.04. The summed E-state index contributed by atoms with van der Waals surface area (Å²) in [5.74, 6) is -0.214. The summed E-state index contributed by atoms with van der Waals surface area (Å²) in [5.41, 5.74) is 0.897. The van der Waals surface area contributed by atoms with Crippen LogP contribution in [0.1, 0.15) is 25.8 Å². The molecule has 1 atom stereocenters. The molecule has 1 aliphatic heterocycles. The lowest BCUT2D eigenvalue weighted by atomic mass is 10.1. The SMILES string of the molecule is CCCNC(=O)[C@@H](C)N(Cc1ccccc1)C(=O)COc1ccc(S(=O)(=O)N2CCOCC2)cc1. The number of nitrogens with zero attached hydrogens (tertiary/aromatic N) is 2. The van der Waals surface area contributed by atoms with Crippen LogP contribution in [-0.4, -0.2) is 74.9 Å². The van der Waals surface area contributed by atoms with E-state index in [1.54, 1.807) is 6.92 Å². The largest absolute Gasteiger partial charge is 0.484 e. The number of hydrogen-bond donors (Lipinski definition) is 1. The molecule has 190 valence electrons. The van der Waals surface area contributed by atoms with Crippen molar-refractivity contribution in [3.63, 3.8) is 0 Å². The number of nitrogens with one attached hydrogen (secondary N) is 1. The van der Waals surface area contributed by atoms with Crippen molar-refractivity contribution in [2.75, 3.05) is 39.5 Å². The van der Waals surface area contributed by atoms with Crippen LogP contribution in [0.5, 0.6) is 5.75 Å². The second-order valence-corrected chi connectivity index (χ2v) is 10.2. The molecule has 0 unspecified atom stereocenters. The third-order valence-electron chi connectivity index (χ3n) is 5.71. The zero-order valence-corrected chi connectivity index (χ0v) is 21.0. The Labute approximate surface area is 207 Å². The van der Waals surface area contributed by atoms with Crippen molar-refractivity contribution in [2.24, 2.45) is 0 Å². The molecule has 0 spiro atoms. The Kier molecular flexibility index (Phi) is 9.64. The van der Waals surface area contributed by atoms with Gasteiger partial charge in [0.05, 0.1) is 18.1 Å². The molecular weight excluding hydrogens is 470 g/mol. The van der Waals surface area contributed by atoms with Gasteiger partial charge >= 0.3 is 0 Å². The zero-order chi connectivity index (χ0) is 25.3. The van der Waals surface area contributed by atoms with Crippen LogP contribution < -0.4 is 10.1 Å². The number of benzene rings is 2. The molecule has 1 N–H and O–H groups in total. The topological polar surface area (TPSA) is 105 Å². The summed E-state index contributed by atoms with van der Waals surface area (Å²) in [7, 11) is -3.61. The lowest BCUT2D eigenvalue weighted by Crippen LogP contribution is -2.49. The fraction of sp³-hybridized carbons (Fsp3) is 0.440. The maximum atomic E-state index is 13.1. The average molecular weight is 504 g/mol. The van der Waals surface area contributed by atoms with Crippen LogP contribution in [-0.2, 0) is 30.9 Å². The standard InChI is InChI=1S/C25H33N3O6S/c1-3-13-26-25(30)20(2)28(18-21-7-5-4-6-8-21)24(29)19-34-22-9-11-23(12-10-22)35(31,32)27-14-16-33-17-15-27/h4-12,20H,3,13-19H2,1-2H3,(H,26,30)/t20-/m1/s1. The first-order chi connectivity index (χ1) is 16.8. The fourth-order valence-electron chi connectivity index (χ4n) is 3.63. The second kappa shape index (κ2) is 12.7. The van der Waals surface area contributed by atoms with E-state index >= 15 is 0 Å². The van der Waals surface area contributed by atoms with Crippen molar-refractivity contribution in [1.29, 1.82) is 0 Å². The molecule has 0 aromatic heterocycles. The molecule has 35 heavy (non-hydrogen) atoms. The van der Waals surface area contributed by atoms with Gasteiger partial charge in [-0.05, 0) is 43.2 Å². The molecule has 2 amide bonds. The number of amides is 2. The Morgan fingerprint density at radius 3 is 2.37 bits per heavy atom. The molecule has 0 radical (unpaired) electrons. The molecule has 1 saturated heterocycles. The molecule has 2 aromatic rings. The first kappa shape index (κ1) is 26.7. The highest BCUT2D eigenvalue weighted by Crippen LogP contribution is 2.21. The van der Waals surface area contributed by atoms with Crippen LogP contribution >= 0.6 is 0 Å². The molecule has 9 nitrogen and oxygen atoms in total. The van der Waals surface area contributed by atoms with Gasteiger partial charge in [0, 0.05) is 26.2 Å². The maximum Gasteiger partial charge on any atom is 0.261 e. The third kappa shape index (κ3) is 7.27. The Bertz CT molecular complexity index is 1070. The van der Waals surface area contributed by atoms with Gasteiger partial charge in [0.2, 0.25) is 15.9 Å². The normalized spacial score (nSPS) is 15.3. The van der Waals surface area contributed by atoms with Crippen molar-refractivity contribution in [1.82, 2.24) is 14.5 Å². The van der Waals surface area contributed by atoms with Gasteiger partial charge in [-0.25, -0.2) is 8.42 Å². The molecule has 0 aliphatic carbocycles. The smallest absolute Gasteiger partial charge is 0.261 e. The summed E-state index contributed by atoms with van der Waals surface area (Å²) in [6.07, 6.45) is 0.797. The number of carbonyl (C=O) groups is 2. The molecule has 10 heteroatoms. The number of ether oxygens (including phenoxy) is 2. The Morgan fingerprint density at radius 1 is 1.09 bits per heavy atom. The second-order valence-electron chi connectivity index (χ2n) is 8.25. The summed E-state index contributed by atoms with van der Waals surface area (Å²) in [4.78, 5) is 27.3. The lowest BCUT2D eigenvalue weighted by molar-refractivity contribution is -0.142. The van der Waals surface area contributed by atoms with E-state index in [9.17, 15) is 18.0 Å². The minimum atomic E-state index is -3.61. The van der Waals surface area contributed by atoms with Crippen molar-refractivity contribution in [3.8, 4) is 5.75 Å². The summed E-state index contributed by atoms with van der Waals surface area (Å²) in [5, 5.41) is 2.83. The number of hydrogen-bond acceptors (Lipinski definition) is 6. The zero-order valence-electron chi connectivity index (χ0n) is 20.2. The van der Waals surface area contributed by atoms with Crippen LogP contribution in [0.4, 0.5) is 0 Å². The number of morpholine rings is 1. The van der Waals surface area contributed by atoms with Crippen molar-refractivity contribution < 1.29 is 27.5 Å². The van der Waals surface area contributed by atoms with Crippen molar-refractivity contribution in [2.45, 2.75) is 37.8 Å². The molecule has 1 fully saturated rings. The van der Waals surface area contributed by atoms with Gasteiger partial charge < -0.3 is 19.7 Å². The van der Waals surface area contributed by atoms with Gasteiger partial charge in [0.25, 0.3) is 5.91 Å². The van der Waals surface area contributed by atoms with Crippen LogP contribution in [0.25, 0.3) is 0 Å². The summed E-state index contributed by atoms with van der Waals surface area (Å²) in [6.45, 7) is 5.54. The Balaban J connectivity index is 1.66. The molecular formula is C25H33N3O6S. The van der Waals surface area contributed by atoms with Crippen LogP contribution in [0, 0.1) is 0 Å².